The van der Waals surface area contributed by atoms with Crippen LogP contribution in [0.15, 0.2) is 6.07 Å². The first-order valence-electron chi connectivity index (χ1n) is 4.77. The average molecular weight is 232 g/mol. The minimum atomic E-state index is -0.356. The highest BCUT2D eigenvalue weighted by molar-refractivity contribution is 6.32. The van der Waals surface area contributed by atoms with Crippen molar-refractivity contribution in [3.05, 3.63) is 28.0 Å². The molecule has 1 N–H and O–H groups in total. The lowest BCUT2D eigenvalue weighted by Crippen LogP contribution is -2.12. The summed E-state index contributed by atoms with van der Waals surface area (Å²) in [6, 6.07) is 1.39. The first-order valence-corrected chi connectivity index (χ1v) is 5.15. The van der Waals surface area contributed by atoms with Crippen molar-refractivity contribution in [3.63, 3.8) is 0 Å². The van der Waals surface area contributed by atoms with E-state index in [4.69, 9.17) is 16.3 Å². The molecule has 1 rings (SSSR count). The molecule has 84 valence electrons. The Labute approximate surface area is 94.4 Å². The number of methoxy groups -OCH3 is 1. The SMILES string of the molecule is CNCCc1c(Cl)c(C)cc(F)c1OC. The van der Waals surface area contributed by atoms with Gasteiger partial charge in [-0.1, -0.05) is 11.6 Å². The Morgan fingerprint density at radius 3 is 2.73 bits per heavy atom. The molecule has 0 radical (unpaired) electrons. The Morgan fingerprint density at radius 2 is 2.20 bits per heavy atom. The van der Waals surface area contributed by atoms with Crippen molar-refractivity contribution in [1.82, 2.24) is 5.32 Å². The van der Waals surface area contributed by atoms with Crippen molar-refractivity contribution in [2.24, 2.45) is 0 Å². The minimum Gasteiger partial charge on any atom is -0.493 e. The number of halogens is 2. The standard InChI is InChI=1S/C11H15ClFNO/c1-7-6-9(13)11(15-3)8(10(7)12)4-5-14-2/h6,14H,4-5H2,1-3H3. The van der Waals surface area contributed by atoms with Crippen molar-refractivity contribution in [2.45, 2.75) is 13.3 Å². The molecule has 0 bridgehead atoms. The molecule has 4 heteroatoms. The Balaban J connectivity index is 3.18. The molecule has 0 aliphatic heterocycles. The van der Waals surface area contributed by atoms with Gasteiger partial charge in [-0.3, -0.25) is 0 Å². The van der Waals surface area contributed by atoms with Gasteiger partial charge in [-0.2, -0.15) is 0 Å². The second kappa shape index (κ2) is 5.33. The highest BCUT2D eigenvalue weighted by atomic mass is 35.5. The van der Waals surface area contributed by atoms with Crippen LogP contribution in [0.4, 0.5) is 4.39 Å². The summed E-state index contributed by atoms with van der Waals surface area (Å²) in [6.45, 7) is 2.52. The fourth-order valence-electron chi connectivity index (χ4n) is 1.49. The third-order valence-electron chi connectivity index (χ3n) is 2.27. The summed E-state index contributed by atoms with van der Waals surface area (Å²) < 4.78 is 18.5. The number of ether oxygens (including phenoxy) is 1. The molecule has 0 heterocycles. The molecular weight excluding hydrogens is 217 g/mol. The van der Waals surface area contributed by atoms with E-state index in [0.29, 0.717) is 11.4 Å². The highest BCUT2D eigenvalue weighted by Gasteiger charge is 2.15. The summed E-state index contributed by atoms with van der Waals surface area (Å²) in [6.07, 6.45) is 0.650. The molecule has 0 saturated carbocycles. The normalized spacial score (nSPS) is 10.5. The monoisotopic (exact) mass is 231 g/mol. The van der Waals surface area contributed by atoms with Gasteiger partial charge in [0.1, 0.15) is 0 Å². The van der Waals surface area contributed by atoms with Gasteiger partial charge in [0.05, 0.1) is 12.1 Å². The van der Waals surface area contributed by atoms with Gasteiger partial charge in [-0.15, -0.1) is 0 Å². The number of rotatable bonds is 4. The van der Waals surface area contributed by atoms with Crippen molar-refractivity contribution < 1.29 is 9.13 Å². The van der Waals surface area contributed by atoms with E-state index in [0.717, 1.165) is 17.7 Å². The van der Waals surface area contributed by atoms with E-state index in [-0.39, 0.29) is 11.6 Å². The van der Waals surface area contributed by atoms with E-state index in [1.807, 2.05) is 7.05 Å². The number of hydrogen-bond donors (Lipinski definition) is 1. The predicted octanol–water partition coefficient (Wildman–Crippen LogP) is 2.56. The van der Waals surface area contributed by atoms with Gasteiger partial charge >= 0.3 is 0 Å². The van der Waals surface area contributed by atoms with Crippen molar-refractivity contribution in [3.8, 4) is 5.75 Å². The Hall–Kier alpha value is -0.800. The molecule has 0 spiro atoms. The zero-order valence-electron chi connectivity index (χ0n) is 9.16. The van der Waals surface area contributed by atoms with Gasteiger partial charge in [0.2, 0.25) is 0 Å². The maximum Gasteiger partial charge on any atom is 0.165 e. The van der Waals surface area contributed by atoms with Gasteiger partial charge in [0.15, 0.2) is 11.6 Å². The topological polar surface area (TPSA) is 21.3 Å². The predicted molar refractivity (Wildman–Crippen MR) is 60.3 cm³/mol. The van der Waals surface area contributed by atoms with Crippen molar-refractivity contribution in [1.29, 1.82) is 0 Å². The summed E-state index contributed by atoms with van der Waals surface area (Å²) >= 11 is 6.11. The first-order chi connectivity index (χ1) is 7.11. The molecule has 1 aromatic rings. The molecule has 15 heavy (non-hydrogen) atoms. The zero-order chi connectivity index (χ0) is 11.4. The van der Waals surface area contributed by atoms with E-state index in [9.17, 15) is 4.39 Å². The smallest absolute Gasteiger partial charge is 0.165 e. The summed E-state index contributed by atoms with van der Waals surface area (Å²) in [5.74, 6) is -0.105. The number of nitrogens with one attached hydrogen (secondary N) is 1. The molecule has 2 nitrogen and oxygen atoms in total. The molecule has 0 fully saturated rings. The number of benzene rings is 1. The summed E-state index contributed by atoms with van der Waals surface area (Å²) in [5, 5.41) is 3.58. The fourth-order valence-corrected chi connectivity index (χ4v) is 1.73. The molecule has 0 unspecified atom stereocenters. The van der Waals surface area contributed by atoms with Crippen LogP contribution >= 0.6 is 11.6 Å². The molecule has 1 aromatic carbocycles. The van der Waals surface area contributed by atoms with Gasteiger partial charge in [-0.05, 0) is 38.6 Å². The Bertz CT molecular complexity index is 355. The summed E-state index contributed by atoms with van der Waals surface area (Å²) in [5.41, 5.74) is 1.46. The largest absolute Gasteiger partial charge is 0.493 e. The van der Waals surface area contributed by atoms with Crippen LogP contribution in [0.5, 0.6) is 5.75 Å². The van der Waals surface area contributed by atoms with Crippen LogP contribution < -0.4 is 10.1 Å². The van der Waals surface area contributed by atoms with Crippen LogP contribution in [0, 0.1) is 12.7 Å². The zero-order valence-corrected chi connectivity index (χ0v) is 9.91. The Kier molecular flexibility index (Phi) is 4.36. The highest BCUT2D eigenvalue weighted by Crippen LogP contribution is 2.32. The maximum absolute atomic E-state index is 13.5. The molecule has 0 aromatic heterocycles. The maximum atomic E-state index is 13.5. The van der Waals surface area contributed by atoms with Crippen LogP contribution in [0.2, 0.25) is 5.02 Å². The summed E-state index contributed by atoms with van der Waals surface area (Å²) in [7, 11) is 3.29. The number of aryl methyl sites for hydroxylation is 1. The van der Waals surface area contributed by atoms with Gasteiger partial charge in [0.25, 0.3) is 0 Å². The second-order valence-corrected chi connectivity index (χ2v) is 3.73. The van der Waals surface area contributed by atoms with E-state index < -0.39 is 0 Å². The summed E-state index contributed by atoms with van der Waals surface area (Å²) in [4.78, 5) is 0. The lowest BCUT2D eigenvalue weighted by molar-refractivity contribution is 0.381. The first kappa shape index (κ1) is 12.3. The van der Waals surface area contributed by atoms with Gasteiger partial charge in [0, 0.05) is 5.56 Å². The molecule has 0 amide bonds. The quantitative estimate of drug-likeness (QED) is 0.860. The minimum absolute atomic E-state index is 0.251. The van der Waals surface area contributed by atoms with Crippen LogP contribution in [0.25, 0.3) is 0 Å². The molecule has 0 aliphatic rings. The number of hydrogen-bond acceptors (Lipinski definition) is 2. The lowest BCUT2D eigenvalue weighted by atomic mass is 10.1. The van der Waals surface area contributed by atoms with E-state index >= 15 is 0 Å². The third kappa shape index (κ3) is 2.61. The molecular formula is C11H15ClFNO. The third-order valence-corrected chi connectivity index (χ3v) is 2.80. The number of likely N-dealkylation sites (N-methyl/N-ethyl adjacent to an activating group) is 1. The van der Waals surface area contributed by atoms with Crippen LogP contribution in [0.3, 0.4) is 0 Å². The molecule has 0 aliphatic carbocycles. The van der Waals surface area contributed by atoms with E-state index in [1.165, 1.54) is 13.2 Å². The molecule has 0 atom stereocenters. The van der Waals surface area contributed by atoms with E-state index in [1.54, 1.807) is 6.92 Å². The van der Waals surface area contributed by atoms with E-state index in [2.05, 4.69) is 5.32 Å². The van der Waals surface area contributed by atoms with Crippen LogP contribution in [-0.2, 0) is 6.42 Å². The van der Waals surface area contributed by atoms with Crippen LogP contribution in [0.1, 0.15) is 11.1 Å². The Morgan fingerprint density at radius 1 is 1.53 bits per heavy atom. The van der Waals surface area contributed by atoms with Crippen molar-refractivity contribution >= 4 is 11.6 Å². The average Bonchev–Trinajstić information content (AvgIpc) is 2.21. The molecule has 0 saturated heterocycles. The van der Waals surface area contributed by atoms with Crippen LogP contribution in [-0.4, -0.2) is 20.7 Å². The van der Waals surface area contributed by atoms with Gasteiger partial charge in [-0.25, -0.2) is 4.39 Å². The fraction of sp³-hybridized carbons (Fsp3) is 0.455. The van der Waals surface area contributed by atoms with Crippen molar-refractivity contribution in [2.75, 3.05) is 20.7 Å². The second-order valence-electron chi connectivity index (χ2n) is 3.35. The van der Waals surface area contributed by atoms with Gasteiger partial charge < -0.3 is 10.1 Å². The lowest BCUT2D eigenvalue weighted by Gasteiger charge is -2.13.